The average Bonchev–Trinajstić information content (AvgIpc) is 2.75. The molecule has 0 radical (unpaired) electrons. The van der Waals surface area contributed by atoms with E-state index in [2.05, 4.69) is 17.2 Å². The molecule has 0 aromatic carbocycles. The van der Waals surface area contributed by atoms with Crippen LogP contribution in [0.4, 0.5) is 0 Å². The number of rotatable bonds is 4. The van der Waals surface area contributed by atoms with Crippen molar-refractivity contribution in [3.05, 3.63) is 16.1 Å². The van der Waals surface area contributed by atoms with Crippen LogP contribution in [0.5, 0.6) is 0 Å². The Kier molecular flexibility index (Phi) is 5.54. The molecule has 1 fully saturated rings. The van der Waals surface area contributed by atoms with Crippen molar-refractivity contribution in [2.24, 2.45) is 11.7 Å². The summed E-state index contributed by atoms with van der Waals surface area (Å²) in [6, 6.07) is 0.113. The van der Waals surface area contributed by atoms with Crippen LogP contribution in [0.2, 0.25) is 0 Å². The van der Waals surface area contributed by atoms with Gasteiger partial charge < -0.3 is 11.1 Å². The van der Waals surface area contributed by atoms with Gasteiger partial charge in [0.15, 0.2) is 0 Å². The number of nitrogens with two attached hydrogens (primary N) is 1. The van der Waals surface area contributed by atoms with Crippen molar-refractivity contribution in [1.29, 1.82) is 0 Å². The SMILES string of the molecule is CC(N)c1nc(C(=O)N[C@H](C)C2CCCCCC2)cs1. The highest BCUT2D eigenvalue weighted by Gasteiger charge is 2.22. The van der Waals surface area contributed by atoms with Gasteiger partial charge in [-0.05, 0) is 32.6 Å². The smallest absolute Gasteiger partial charge is 0.270 e. The molecule has 1 aromatic heterocycles. The van der Waals surface area contributed by atoms with E-state index in [1.54, 1.807) is 5.38 Å². The van der Waals surface area contributed by atoms with Gasteiger partial charge in [0.1, 0.15) is 10.7 Å². The van der Waals surface area contributed by atoms with Gasteiger partial charge in [0, 0.05) is 11.4 Å². The maximum absolute atomic E-state index is 12.2. The fraction of sp³-hybridized carbons (Fsp3) is 0.733. The van der Waals surface area contributed by atoms with Crippen molar-refractivity contribution in [3.8, 4) is 0 Å². The van der Waals surface area contributed by atoms with Crippen molar-refractivity contribution in [1.82, 2.24) is 10.3 Å². The monoisotopic (exact) mass is 295 g/mol. The normalized spacial score (nSPS) is 20.1. The molecule has 0 bridgehead atoms. The minimum atomic E-state index is -0.110. The second-order valence-electron chi connectivity index (χ2n) is 5.87. The maximum atomic E-state index is 12.2. The number of nitrogens with one attached hydrogen (secondary N) is 1. The van der Waals surface area contributed by atoms with Crippen LogP contribution in [-0.2, 0) is 0 Å². The van der Waals surface area contributed by atoms with Crippen LogP contribution in [0.3, 0.4) is 0 Å². The van der Waals surface area contributed by atoms with Crippen molar-refractivity contribution >= 4 is 17.2 Å². The Morgan fingerprint density at radius 2 is 2.00 bits per heavy atom. The average molecular weight is 295 g/mol. The summed E-state index contributed by atoms with van der Waals surface area (Å²) in [5, 5.41) is 5.73. The topological polar surface area (TPSA) is 68.0 Å². The Bertz CT molecular complexity index is 436. The number of hydrogen-bond donors (Lipinski definition) is 2. The third-order valence-electron chi connectivity index (χ3n) is 4.11. The summed E-state index contributed by atoms with van der Waals surface area (Å²) >= 11 is 1.46. The van der Waals surface area contributed by atoms with Gasteiger partial charge in [-0.2, -0.15) is 0 Å². The summed E-state index contributed by atoms with van der Waals surface area (Å²) in [7, 11) is 0. The highest BCUT2D eigenvalue weighted by Crippen LogP contribution is 2.25. The fourth-order valence-corrected chi connectivity index (χ4v) is 3.57. The Morgan fingerprint density at radius 3 is 2.55 bits per heavy atom. The van der Waals surface area contributed by atoms with Crippen LogP contribution >= 0.6 is 11.3 Å². The molecule has 2 atom stereocenters. The highest BCUT2D eigenvalue weighted by atomic mass is 32.1. The molecule has 0 spiro atoms. The van der Waals surface area contributed by atoms with Crippen LogP contribution in [0, 0.1) is 5.92 Å². The van der Waals surface area contributed by atoms with Crippen LogP contribution < -0.4 is 11.1 Å². The molecule has 112 valence electrons. The Morgan fingerprint density at radius 1 is 1.35 bits per heavy atom. The van der Waals surface area contributed by atoms with Gasteiger partial charge in [-0.15, -0.1) is 11.3 Å². The third-order valence-corrected chi connectivity index (χ3v) is 5.16. The van der Waals surface area contributed by atoms with Crippen molar-refractivity contribution in [2.45, 2.75) is 64.5 Å². The number of carbonyl (C=O) groups is 1. The van der Waals surface area contributed by atoms with E-state index in [4.69, 9.17) is 5.73 Å². The highest BCUT2D eigenvalue weighted by molar-refractivity contribution is 7.09. The lowest BCUT2D eigenvalue weighted by atomic mass is 9.93. The van der Waals surface area contributed by atoms with E-state index >= 15 is 0 Å². The number of hydrogen-bond acceptors (Lipinski definition) is 4. The molecule has 4 nitrogen and oxygen atoms in total. The molecule has 1 heterocycles. The van der Waals surface area contributed by atoms with E-state index < -0.39 is 0 Å². The minimum Gasteiger partial charge on any atom is -0.348 e. The Hall–Kier alpha value is -0.940. The molecule has 1 unspecified atom stereocenters. The zero-order chi connectivity index (χ0) is 14.5. The van der Waals surface area contributed by atoms with Crippen molar-refractivity contribution < 1.29 is 4.79 Å². The van der Waals surface area contributed by atoms with Gasteiger partial charge in [0.2, 0.25) is 0 Å². The van der Waals surface area contributed by atoms with E-state index in [1.165, 1.54) is 49.9 Å². The number of carbonyl (C=O) groups excluding carboxylic acids is 1. The number of nitrogens with zero attached hydrogens (tertiary/aromatic N) is 1. The van der Waals surface area contributed by atoms with Crippen LogP contribution in [0.25, 0.3) is 0 Å². The summed E-state index contributed by atoms with van der Waals surface area (Å²) < 4.78 is 0. The first-order valence-electron chi connectivity index (χ1n) is 7.60. The summed E-state index contributed by atoms with van der Waals surface area (Å²) in [6.45, 7) is 4.00. The van der Waals surface area contributed by atoms with Gasteiger partial charge in [-0.1, -0.05) is 25.7 Å². The largest absolute Gasteiger partial charge is 0.348 e. The number of amides is 1. The molecule has 1 aromatic rings. The van der Waals surface area contributed by atoms with Crippen LogP contribution in [-0.4, -0.2) is 16.9 Å². The number of aromatic nitrogens is 1. The molecule has 1 aliphatic rings. The van der Waals surface area contributed by atoms with Crippen molar-refractivity contribution in [2.75, 3.05) is 0 Å². The lowest BCUT2D eigenvalue weighted by molar-refractivity contribution is 0.0919. The molecule has 2 rings (SSSR count). The molecule has 5 heteroatoms. The Labute approximate surface area is 125 Å². The lowest BCUT2D eigenvalue weighted by Gasteiger charge is -2.23. The summed E-state index contributed by atoms with van der Waals surface area (Å²) in [6.07, 6.45) is 7.70. The first-order valence-corrected chi connectivity index (χ1v) is 8.47. The molecule has 3 N–H and O–H groups in total. The molecule has 0 saturated heterocycles. The molecule has 0 aliphatic heterocycles. The minimum absolute atomic E-state index is 0.0649. The van der Waals surface area contributed by atoms with Crippen molar-refractivity contribution in [3.63, 3.8) is 0 Å². The summed E-state index contributed by atoms with van der Waals surface area (Å²) in [5.74, 6) is 0.540. The lowest BCUT2D eigenvalue weighted by Crippen LogP contribution is -2.38. The van der Waals surface area contributed by atoms with Gasteiger partial charge >= 0.3 is 0 Å². The molecule has 20 heavy (non-hydrogen) atoms. The van der Waals surface area contributed by atoms with E-state index in [0.29, 0.717) is 11.6 Å². The summed E-state index contributed by atoms with van der Waals surface area (Å²) in [4.78, 5) is 16.5. The molecule has 1 saturated carbocycles. The number of thiazole rings is 1. The molecular weight excluding hydrogens is 270 g/mol. The molecule has 1 aliphatic carbocycles. The van der Waals surface area contributed by atoms with Gasteiger partial charge in [-0.25, -0.2) is 4.98 Å². The van der Waals surface area contributed by atoms with Gasteiger partial charge in [-0.3, -0.25) is 4.79 Å². The predicted octanol–water partition coefficient (Wildman–Crippen LogP) is 3.25. The zero-order valence-electron chi connectivity index (χ0n) is 12.4. The predicted molar refractivity (Wildman–Crippen MR) is 82.8 cm³/mol. The maximum Gasteiger partial charge on any atom is 0.270 e. The quantitative estimate of drug-likeness (QED) is 0.838. The standard InChI is InChI=1S/C15H25N3OS/c1-10(16)15-18-13(9-20-15)14(19)17-11(2)12-7-5-3-4-6-8-12/h9-12H,3-8,16H2,1-2H3,(H,17,19)/t10?,11-/m1/s1. The third kappa shape index (κ3) is 4.03. The second-order valence-corrected chi connectivity index (χ2v) is 6.76. The Balaban J connectivity index is 1.92. The van der Waals surface area contributed by atoms with E-state index in [9.17, 15) is 4.79 Å². The van der Waals surface area contributed by atoms with Gasteiger partial charge in [0.05, 0.1) is 6.04 Å². The van der Waals surface area contributed by atoms with Gasteiger partial charge in [0.25, 0.3) is 5.91 Å². The zero-order valence-corrected chi connectivity index (χ0v) is 13.2. The van der Waals surface area contributed by atoms with Crippen LogP contribution in [0.1, 0.15) is 73.9 Å². The van der Waals surface area contributed by atoms with Crippen LogP contribution in [0.15, 0.2) is 5.38 Å². The molecule has 1 amide bonds. The first kappa shape index (κ1) is 15.4. The van der Waals surface area contributed by atoms with E-state index in [0.717, 1.165) is 5.01 Å². The molecular formula is C15H25N3OS. The summed E-state index contributed by atoms with van der Waals surface area (Å²) in [5.41, 5.74) is 6.28. The first-order chi connectivity index (χ1) is 9.58. The fourth-order valence-electron chi connectivity index (χ4n) is 2.81. The second kappa shape index (κ2) is 7.18. The van der Waals surface area contributed by atoms with E-state index in [-0.39, 0.29) is 18.0 Å². The van der Waals surface area contributed by atoms with E-state index in [1.807, 2.05) is 6.92 Å².